The maximum absolute atomic E-state index is 10.9. The van der Waals surface area contributed by atoms with Crippen molar-refractivity contribution in [2.24, 2.45) is 5.73 Å². The molecule has 3 N–H and O–H groups in total. The smallest absolute Gasteiger partial charge is 0.335 e. The summed E-state index contributed by atoms with van der Waals surface area (Å²) in [4.78, 5) is 23.5. The van der Waals surface area contributed by atoms with Crippen molar-refractivity contribution in [1.82, 2.24) is 0 Å². The Hall–Kier alpha value is -2.04. The molecule has 0 unspecified atom stereocenters. The second-order valence-corrected chi connectivity index (χ2v) is 3.79. The number of aryl methyl sites for hydroxylation is 1. The van der Waals surface area contributed by atoms with Crippen molar-refractivity contribution in [3.8, 4) is 0 Å². The van der Waals surface area contributed by atoms with Gasteiger partial charge in [0.2, 0.25) is 5.91 Å². The third kappa shape index (κ3) is 3.21. The Kier molecular flexibility index (Phi) is 4.09. The van der Waals surface area contributed by atoms with Crippen LogP contribution in [-0.4, -0.2) is 30.1 Å². The van der Waals surface area contributed by atoms with Crippen molar-refractivity contribution in [3.63, 3.8) is 0 Å². The molecule has 0 saturated heterocycles. The van der Waals surface area contributed by atoms with Gasteiger partial charge in [-0.2, -0.15) is 0 Å². The lowest BCUT2D eigenvalue weighted by Gasteiger charge is -2.23. The number of anilines is 1. The molecule has 1 aromatic carbocycles. The number of aromatic carboxylic acids is 1. The second-order valence-electron chi connectivity index (χ2n) is 3.79. The molecule has 1 amide bonds. The summed E-state index contributed by atoms with van der Waals surface area (Å²) in [6.07, 6.45) is 0. The fourth-order valence-corrected chi connectivity index (χ4v) is 1.70. The molecule has 0 aliphatic heterocycles. The molecule has 0 saturated carbocycles. The molecule has 0 aliphatic rings. The van der Waals surface area contributed by atoms with Crippen LogP contribution in [0.3, 0.4) is 0 Å². The highest BCUT2D eigenvalue weighted by Gasteiger charge is 2.12. The Morgan fingerprint density at radius 3 is 2.47 bits per heavy atom. The maximum atomic E-state index is 10.9. The fraction of sp³-hybridized carbons (Fsp3) is 0.333. The summed E-state index contributed by atoms with van der Waals surface area (Å²) < 4.78 is 0. The molecule has 17 heavy (non-hydrogen) atoms. The van der Waals surface area contributed by atoms with Crippen LogP contribution in [0.25, 0.3) is 0 Å². The monoisotopic (exact) mass is 236 g/mol. The van der Waals surface area contributed by atoms with Gasteiger partial charge < -0.3 is 15.7 Å². The van der Waals surface area contributed by atoms with Crippen LogP contribution in [-0.2, 0) is 4.79 Å². The quantitative estimate of drug-likeness (QED) is 0.799. The number of benzene rings is 1. The highest BCUT2D eigenvalue weighted by atomic mass is 16.4. The van der Waals surface area contributed by atoms with Crippen molar-refractivity contribution in [3.05, 3.63) is 29.3 Å². The van der Waals surface area contributed by atoms with E-state index in [0.717, 1.165) is 11.3 Å². The molecule has 0 bridgehead atoms. The molecule has 5 nitrogen and oxygen atoms in total. The van der Waals surface area contributed by atoms with Crippen molar-refractivity contribution in [1.29, 1.82) is 0 Å². The lowest BCUT2D eigenvalue weighted by atomic mass is 10.1. The molecule has 0 atom stereocenters. The summed E-state index contributed by atoms with van der Waals surface area (Å²) in [5.74, 6) is -1.37. The number of carbonyl (C=O) groups excluding carboxylic acids is 1. The van der Waals surface area contributed by atoms with E-state index in [2.05, 4.69) is 0 Å². The van der Waals surface area contributed by atoms with E-state index < -0.39 is 11.9 Å². The van der Waals surface area contributed by atoms with E-state index in [9.17, 15) is 9.59 Å². The molecule has 0 heterocycles. The van der Waals surface area contributed by atoms with Crippen LogP contribution in [0.5, 0.6) is 0 Å². The van der Waals surface area contributed by atoms with Crippen LogP contribution in [0.15, 0.2) is 18.2 Å². The molecule has 1 aromatic rings. The number of nitrogens with two attached hydrogens (primary N) is 1. The van der Waals surface area contributed by atoms with Crippen molar-refractivity contribution >= 4 is 17.6 Å². The number of nitrogens with zero attached hydrogens (tertiary/aromatic N) is 1. The average molecular weight is 236 g/mol. The molecule has 5 heteroatoms. The highest BCUT2D eigenvalue weighted by Crippen LogP contribution is 2.21. The standard InChI is InChI=1S/C12H16N2O3/c1-3-14(7-11(13)15)10-5-4-9(12(16)17)6-8(10)2/h4-6H,3,7H2,1-2H3,(H2,13,15)(H,16,17). The Morgan fingerprint density at radius 1 is 1.41 bits per heavy atom. The number of hydrogen-bond acceptors (Lipinski definition) is 3. The minimum Gasteiger partial charge on any atom is -0.478 e. The lowest BCUT2D eigenvalue weighted by Crippen LogP contribution is -2.34. The maximum Gasteiger partial charge on any atom is 0.335 e. The SMILES string of the molecule is CCN(CC(N)=O)c1ccc(C(=O)O)cc1C. The van der Waals surface area contributed by atoms with Gasteiger partial charge in [0.15, 0.2) is 0 Å². The van der Waals surface area contributed by atoms with Gasteiger partial charge in [0.05, 0.1) is 12.1 Å². The van der Waals surface area contributed by atoms with Crippen LogP contribution in [0.2, 0.25) is 0 Å². The summed E-state index contributed by atoms with van der Waals surface area (Å²) in [6.45, 7) is 4.48. The van der Waals surface area contributed by atoms with Crippen LogP contribution in [0.4, 0.5) is 5.69 Å². The van der Waals surface area contributed by atoms with E-state index >= 15 is 0 Å². The first kappa shape index (κ1) is 13.0. The molecular formula is C12H16N2O3. The summed E-state index contributed by atoms with van der Waals surface area (Å²) in [6, 6.07) is 4.81. The Morgan fingerprint density at radius 2 is 2.06 bits per heavy atom. The van der Waals surface area contributed by atoms with E-state index in [1.807, 2.05) is 18.7 Å². The molecule has 0 radical (unpaired) electrons. The molecule has 0 spiro atoms. The number of carboxylic acids is 1. The van der Waals surface area contributed by atoms with Crippen LogP contribution in [0, 0.1) is 6.92 Å². The molecule has 0 fully saturated rings. The number of likely N-dealkylation sites (N-methyl/N-ethyl adjacent to an activating group) is 1. The first-order valence-electron chi connectivity index (χ1n) is 5.33. The topological polar surface area (TPSA) is 83.6 Å². The first-order valence-corrected chi connectivity index (χ1v) is 5.33. The van der Waals surface area contributed by atoms with Gasteiger partial charge in [0.25, 0.3) is 0 Å². The van der Waals surface area contributed by atoms with E-state index in [1.165, 1.54) is 6.07 Å². The van der Waals surface area contributed by atoms with Gasteiger partial charge >= 0.3 is 5.97 Å². The lowest BCUT2D eigenvalue weighted by molar-refractivity contribution is -0.116. The van der Waals surface area contributed by atoms with Gasteiger partial charge in [-0.1, -0.05) is 0 Å². The summed E-state index contributed by atoms with van der Waals surface area (Å²) in [5.41, 5.74) is 7.04. The third-order valence-corrected chi connectivity index (χ3v) is 2.51. The Bertz CT molecular complexity index is 443. The zero-order valence-corrected chi connectivity index (χ0v) is 9.93. The average Bonchev–Trinajstić information content (AvgIpc) is 2.25. The van der Waals surface area contributed by atoms with Gasteiger partial charge in [0, 0.05) is 12.2 Å². The van der Waals surface area contributed by atoms with Gasteiger partial charge in [-0.15, -0.1) is 0 Å². The van der Waals surface area contributed by atoms with Gasteiger partial charge in [-0.3, -0.25) is 4.79 Å². The Labute approximate surface area is 99.8 Å². The highest BCUT2D eigenvalue weighted by molar-refractivity contribution is 5.89. The number of amides is 1. The predicted octanol–water partition coefficient (Wildman–Crippen LogP) is 1.00. The van der Waals surface area contributed by atoms with Crippen molar-refractivity contribution in [2.75, 3.05) is 18.0 Å². The van der Waals surface area contributed by atoms with Crippen LogP contribution >= 0.6 is 0 Å². The van der Waals surface area contributed by atoms with Crippen molar-refractivity contribution in [2.45, 2.75) is 13.8 Å². The molecule has 0 aliphatic carbocycles. The third-order valence-electron chi connectivity index (χ3n) is 2.51. The normalized spacial score (nSPS) is 10.0. The van der Waals surface area contributed by atoms with E-state index in [1.54, 1.807) is 12.1 Å². The number of rotatable bonds is 5. The van der Waals surface area contributed by atoms with E-state index in [0.29, 0.717) is 6.54 Å². The summed E-state index contributed by atoms with van der Waals surface area (Å²) >= 11 is 0. The number of hydrogen-bond donors (Lipinski definition) is 2. The zero-order valence-electron chi connectivity index (χ0n) is 9.93. The minimum absolute atomic E-state index is 0.129. The molecular weight excluding hydrogens is 220 g/mol. The minimum atomic E-state index is -0.961. The van der Waals surface area contributed by atoms with E-state index in [4.69, 9.17) is 10.8 Å². The van der Waals surface area contributed by atoms with Gasteiger partial charge in [-0.05, 0) is 37.6 Å². The summed E-state index contributed by atoms with van der Waals surface area (Å²) in [7, 11) is 0. The number of primary amides is 1. The molecule has 1 rings (SSSR count). The largest absolute Gasteiger partial charge is 0.478 e. The number of carbonyl (C=O) groups is 2. The van der Waals surface area contributed by atoms with Crippen LogP contribution in [0.1, 0.15) is 22.8 Å². The first-order chi connectivity index (χ1) is 7.95. The fourth-order valence-electron chi connectivity index (χ4n) is 1.70. The number of carboxylic acid groups (broad SMARTS) is 1. The second kappa shape index (κ2) is 5.34. The summed E-state index contributed by atoms with van der Waals surface area (Å²) in [5, 5.41) is 8.85. The van der Waals surface area contributed by atoms with Gasteiger partial charge in [-0.25, -0.2) is 4.79 Å². The van der Waals surface area contributed by atoms with E-state index in [-0.39, 0.29) is 12.1 Å². The zero-order chi connectivity index (χ0) is 13.0. The molecule has 92 valence electrons. The Balaban J connectivity index is 3.04. The van der Waals surface area contributed by atoms with Crippen LogP contribution < -0.4 is 10.6 Å². The molecule has 0 aromatic heterocycles. The van der Waals surface area contributed by atoms with Gasteiger partial charge in [0.1, 0.15) is 0 Å². The van der Waals surface area contributed by atoms with Crippen molar-refractivity contribution < 1.29 is 14.7 Å². The predicted molar refractivity (Wildman–Crippen MR) is 65.2 cm³/mol.